The summed E-state index contributed by atoms with van der Waals surface area (Å²) in [5, 5.41) is 2.41. The Balaban J connectivity index is 1.37. The number of amides is 1. The van der Waals surface area contributed by atoms with Gasteiger partial charge >= 0.3 is 12.3 Å². The van der Waals surface area contributed by atoms with E-state index in [9.17, 15) is 18.0 Å². The van der Waals surface area contributed by atoms with Gasteiger partial charge in [-0.1, -0.05) is 60.4 Å². The third-order valence-corrected chi connectivity index (χ3v) is 4.96. The molecule has 2 aromatic carbocycles. The Kier molecular flexibility index (Phi) is 5.69. The Morgan fingerprint density at radius 2 is 1.72 bits per heavy atom. The van der Waals surface area contributed by atoms with Gasteiger partial charge in [0.25, 0.3) is 0 Å². The van der Waals surface area contributed by atoms with E-state index in [1.54, 1.807) is 0 Å². The maximum absolute atomic E-state index is 13.0. The maximum Gasteiger partial charge on any atom is 0.434 e. The van der Waals surface area contributed by atoms with Gasteiger partial charge in [-0.2, -0.15) is 13.2 Å². The lowest BCUT2D eigenvalue weighted by atomic mass is 9.98. The van der Waals surface area contributed by atoms with Crippen molar-refractivity contribution in [1.82, 2.24) is 15.3 Å². The summed E-state index contributed by atoms with van der Waals surface area (Å²) in [5.41, 5.74) is 7.92. The highest BCUT2D eigenvalue weighted by atomic mass is 19.4. The summed E-state index contributed by atoms with van der Waals surface area (Å²) in [6.45, 7) is -0.0876. The number of carbonyl (C=O) groups excluding carboxylic acids is 1. The molecule has 1 aliphatic rings. The van der Waals surface area contributed by atoms with Crippen molar-refractivity contribution in [2.45, 2.75) is 12.1 Å². The number of hydrogen-bond acceptors (Lipinski definition) is 5. The van der Waals surface area contributed by atoms with E-state index in [0.717, 1.165) is 28.5 Å². The van der Waals surface area contributed by atoms with Crippen molar-refractivity contribution in [2.75, 3.05) is 18.9 Å². The molecule has 0 aliphatic heterocycles. The molecule has 3 N–H and O–H groups in total. The summed E-state index contributed by atoms with van der Waals surface area (Å²) >= 11 is 0. The second-order valence-corrected chi connectivity index (χ2v) is 6.97. The summed E-state index contributed by atoms with van der Waals surface area (Å²) < 4.78 is 44.4. The molecule has 162 valence electrons. The summed E-state index contributed by atoms with van der Waals surface area (Å²) in [7, 11) is 0. The Bertz CT molecular complexity index is 1190. The lowest BCUT2D eigenvalue weighted by molar-refractivity contribution is -0.141. The highest BCUT2D eigenvalue weighted by Gasteiger charge is 2.35. The van der Waals surface area contributed by atoms with Crippen molar-refractivity contribution in [3.63, 3.8) is 0 Å². The number of nitrogens with one attached hydrogen (secondary N) is 1. The third kappa shape index (κ3) is 4.34. The van der Waals surface area contributed by atoms with Crippen LogP contribution in [0.4, 0.5) is 23.9 Å². The number of fused-ring (bicyclic) bond motifs is 3. The van der Waals surface area contributed by atoms with Crippen LogP contribution in [0.5, 0.6) is 0 Å². The molecule has 0 radical (unpaired) electrons. The zero-order valence-corrected chi connectivity index (χ0v) is 16.6. The molecule has 0 spiro atoms. The fourth-order valence-corrected chi connectivity index (χ4v) is 3.61. The first-order valence-electron chi connectivity index (χ1n) is 9.62. The monoisotopic (exact) mass is 438 g/mol. The number of carbonyl (C=O) groups is 1. The number of rotatable bonds is 3. The molecule has 1 aromatic heterocycles. The molecule has 4 rings (SSSR count). The third-order valence-electron chi connectivity index (χ3n) is 4.96. The van der Waals surface area contributed by atoms with Crippen LogP contribution in [0.3, 0.4) is 0 Å². The number of hydrogen-bond donors (Lipinski definition) is 2. The first kappa shape index (κ1) is 21.2. The topological polar surface area (TPSA) is 90.1 Å². The molecule has 0 fully saturated rings. The highest BCUT2D eigenvalue weighted by molar-refractivity contribution is 5.79. The van der Waals surface area contributed by atoms with Gasteiger partial charge in [-0.05, 0) is 22.3 Å². The van der Waals surface area contributed by atoms with Gasteiger partial charge in [0, 0.05) is 12.1 Å². The second-order valence-electron chi connectivity index (χ2n) is 6.97. The van der Waals surface area contributed by atoms with Crippen LogP contribution in [0.15, 0.2) is 54.7 Å². The summed E-state index contributed by atoms with van der Waals surface area (Å²) in [4.78, 5) is 18.8. The minimum atomic E-state index is -4.72. The standard InChI is InChI=1S/C23H17F3N4O2/c24-23(25,26)20-14(12-29-21(27)30-20)6-5-11-28-22(31)32-13-19-17-9-3-1-7-15(17)16-8-2-4-10-18(16)19/h1-4,7-10,12,19H,11,13H2,(H,28,31)(H2,27,29,30). The van der Waals surface area contributed by atoms with Crippen molar-refractivity contribution in [3.8, 4) is 23.0 Å². The Labute approximate surface area is 181 Å². The zero-order valence-electron chi connectivity index (χ0n) is 16.6. The first-order chi connectivity index (χ1) is 15.3. The van der Waals surface area contributed by atoms with Crippen molar-refractivity contribution in [1.29, 1.82) is 0 Å². The van der Waals surface area contributed by atoms with Crippen LogP contribution in [-0.4, -0.2) is 29.2 Å². The molecule has 32 heavy (non-hydrogen) atoms. The quantitative estimate of drug-likeness (QED) is 0.604. The van der Waals surface area contributed by atoms with Crippen LogP contribution < -0.4 is 11.1 Å². The number of alkyl carbamates (subject to hydrolysis) is 1. The number of aromatic nitrogens is 2. The van der Waals surface area contributed by atoms with Gasteiger partial charge in [0.05, 0.1) is 12.1 Å². The largest absolute Gasteiger partial charge is 0.449 e. The fraction of sp³-hybridized carbons (Fsp3) is 0.174. The van der Waals surface area contributed by atoms with Gasteiger partial charge < -0.3 is 15.8 Å². The molecule has 1 heterocycles. The summed E-state index contributed by atoms with van der Waals surface area (Å²) in [6.07, 6.45) is -4.54. The molecule has 0 unspecified atom stereocenters. The predicted octanol–water partition coefficient (Wildman–Crippen LogP) is 3.97. The average molecular weight is 438 g/mol. The SMILES string of the molecule is Nc1ncc(C#CCNC(=O)OCC2c3ccccc3-c3ccccc32)c(C(F)(F)F)n1. The van der Waals surface area contributed by atoms with E-state index in [2.05, 4.69) is 27.1 Å². The van der Waals surface area contributed by atoms with Crippen LogP contribution in [0.25, 0.3) is 11.1 Å². The van der Waals surface area contributed by atoms with Gasteiger partial charge in [-0.3, -0.25) is 0 Å². The van der Waals surface area contributed by atoms with Gasteiger partial charge in [-0.15, -0.1) is 0 Å². The second kappa shape index (κ2) is 8.59. The Morgan fingerprint density at radius 1 is 1.09 bits per heavy atom. The van der Waals surface area contributed by atoms with Crippen molar-refractivity contribution in [3.05, 3.63) is 77.1 Å². The number of ether oxygens (including phenoxy) is 1. The fourth-order valence-electron chi connectivity index (χ4n) is 3.61. The number of nitrogens with two attached hydrogens (primary N) is 1. The average Bonchev–Trinajstić information content (AvgIpc) is 3.09. The number of nitrogens with zero attached hydrogens (tertiary/aromatic N) is 2. The number of alkyl halides is 3. The zero-order chi connectivity index (χ0) is 22.7. The minimum absolute atomic E-state index is 0.0968. The van der Waals surface area contributed by atoms with E-state index in [1.165, 1.54) is 0 Å². The molecular formula is C23H17F3N4O2. The van der Waals surface area contributed by atoms with Crippen LogP contribution in [-0.2, 0) is 10.9 Å². The van der Waals surface area contributed by atoms with E-state index in [0.29, 0.717) is 0 Å². The lowest BCUT2D eigenvalue weighted by Gasteiger charge is -2.14. The van der Waals surface area contributed by atoms with Crippen LogP contribution in [0.1, 0.15) is 28.3 Å². The molecule has 0 saturated heterocycles. The number of anilines is 1. The summed E-state index contributed by atoms with van der Waals surface area (Å²) in [6, 6.07) is 15.8. The van der Waals surface area contributed by atoms with E-state index in [-0.39, 0.29) is 19.1 Å². The number of benzene rings is 2. The van der Waals surface area contributed by atoms with Crippen LogP contribution >= 0.6 is 0 Å². The van der Waals surface area contributed by atoms with Gasteiger partial charge in [0.1, 0.15) is 6.61 Å². The Morgan fingerprint density at radius 3 is 2.34 bits per heavy atom. The molecule has 6 nitrogen and oxygen atoms in total. The number of halogens is 3. The first-order valence-corrected chi connectivity index (χ1v) is 9.62. The predicted molar refractivity (Wildman–Crippen MR) is 111 cm³/mol. The maximum atomic E-state index is 13.0. The van der Waals surface area contributed by atoms with Gasteiger partial charge in [0.2, 0.25) is 5.95 Å². The van der Waals surface area contributed by atoms with E-state index in [1.807, 2.05) is 48.5 Å². The van der Waals surface area contributed by atoms with Crippen LogP contribution in [0.2, 0.25) is 0 Å². The molecule has 0 saturated carbocycles. The number of nitrogen functional groups attached to an aromatic ring is 1. The lowest BCUT2D eigenvalue weighted by Crippen LogP contribution is -2.26. The molecule has 0 bridgehead atoms. The van der Waals surface area contributed by atoms with Gasteiger partial charge in [-0.25, -0.2) is 14.8 Å². The summed E-state index contributed by atoms with van der Waals surface area (Å²) in [5.74, 6) is 4.15. The van der Waals surface area contributed by atoms with Crippen molar-refractivity contribution in [2.24, 2.45) is 0 Å². The highest BCUT2D eigenvalue weighted by Crippen LogP contribution is 2.44. The van der Waals surface area contributed by atoms with Crippen molar-refractivity contribution >= 4 is 12.0 Å². The molecule has 3 aromatic rings. The minimum Gasteiger partial charge on any atom is -0.449 e. The molecule has 0 atom stereocenters. The van der Waals surface area contributed by atoms with E-state index >= 15 is 0 Å². The van der Waals surface area contributed by atoms with Gasteiger partial charge in [0.15, 0.2) is 5.69 Å². The Hall–Kier alpha value is -4.06. The molecule has 1 aliphatic carbocycles. The normalized spacial score (nSPS) is 12.3. The van der Waals surface area contributed by atoms with Crippen molar-refractivity contribution < 1.29 is 22.7 Å². The molecule has 1 amide bonds. The van der Waals surface area contributed by atoms with E-state index in [4.69, 9.17) is 10.5 Å². The smallest absolute Gasteiger partial charge is 0.434 e. The molecule has 9 heteroatoms. The van der Waals surface area contributed by atoms with E-state index < -0.39 is 29.5 Å². The molecular weight excluding hydrogens is 421 g/mol. The van der Waals surface area contributed by atoms with Crippen LogP contribution in [0, 0.1) is 11.8 Å².